The van der Waals surface area contributed by atoms with E-state index in [0.29, 0.717) is 11.4 Å². The van der Waals surface area contributed by atoms with Crippen molar-refractivity contribution in [3.05, 3.63) is 47.6 Å². The number of nitrogens with zero attached hydrogens (tertiary/aromatic N) is 2. The van der Waals surface area contributed by atoms with Gasteiger partial charge in [0.2, 0.25) is 0 Å². The number of amides is 1. The maximum absolute atomic E-state index is 11.5. The molecule has 0 bridgehead atoms. The van der Waals surface area contributed by atoms with E-state index in [0.717, 1.165) is 16.4 Å². The molecule has 0 aliphatic carbocycles. The average molecular weight is 311 g/mol. The van der Waals surface area contributed by atoms with E-state index in [1.807, 2.05) is 29.0 Å². The van der Waals surface area contributed by atoms with Gasteiger partial charge in [-0.1, -0.05) is 0 Å². The number of imidazole rings is 1. The Labute approximate surface area is 131 Å². The molecule has 1 aliphatic rings. The summed E-state index contributed by atoms with van der Waals surface area (Å²) in [4.78, 5) is 17.1. The molecule has 0 radical (unpaired) electrons. The van der Waals surface area contributed by atoms with E-state index >= 15 is 0 Å². The van der Waals surface area contributed by atoms with Gasteiger partial charge in [-0.15, -0.1) is 11.3 Å². The Kier molecular flexibility index (Phi) is 2.97. The zero-order chi connectivity index (χ0) is 15.1. The summed E-state index contributed by atoms with van der Waals surface area (Å²) in [6.07, 6.45) is 3.70. The van der Waals surface area contributed by atoms with Gasteiger partial charge in [-0.05, 0) is 42.1 Å². The molecule has 0 spiro atoms. The number of fused-ring (bicyclic) bond motifs is 1. The fourth-order valence-electron chi connectivity index (χ4n) is 2.50. The number of rotatable bonds is 2. The van der Waals surface area contributed by atoms with Gasteiger partial charge in [0.15, 0.2) is 12.4 Å². The lowest BCUT2D eigenvalue weighted by molar-refractivity contribution is -0.118. The lowest BCUT2D eigenvalue weighted by Crippen LogP contribution is -2.25. The van der Waals surface area contributed by atoms with Gasteiger partial charge in [-0.3, -0.25) is 9.36 Å². The predicted molar refractivity (Wildman–Crippen MR) is 85.7 cm³/mol. The van der Waals surface area contributed by atoms with Crippen molar-refractivity contribution in [1.82, 2.24) is 9.55 Å². The van der Waals surface area contributed by atoms with Crippen LogP contribution in [0.3, 0.4) is 0 Å². The predicted octanol–water partition coefficient (Wildman–Crippen LogP) is 3.24. The Bertz CT molecular complexity index is 866. The molecule has 2 aromatic heterocycles. The van der Waals surface area contributed by atoms with Crippen molar-refractivity contribution < 1.29 is 9.53 Å². The Hall–Kier alpha value is -2.60. The van der Waals surface area contributed by atoms with Gasteiger partial charge in [0.1, 0.15) is 5.75 Å². The highest BCUT2D eigenvalue weighted by Crippen LogP contribution is 2.33. The number of hydrogen-bond acceptors (Lipinski definition) is 4. The summed E-state index contributed by atoms with van der Waals surface area (Å²) in [5, 5.41) is 4.89. The third-order valence-corrected chi connectivity index (χ3v) is 4.59. The molecule has 1 N–H and O–H groups in total. The van der Waals surface area contributed by atoms with E-state index in [1.165, 1.54) is 5.56 Å². The molecular weight excluding hydrogens is 298 g/mol. The maximum atomic E-state index is 11.5. The summed E-state index contributed by atoms with van der Waals surface area (Å²) in [5.74, 6) is 1.46. The van der Waals surface area contributed by atoms with Gasteiger partial charge in [-0.25, -0.2) is 4.98 Å². The van der Waals surface area contributed by atoms with Crippen LogP contribution in [0.15, 0.2) is 42.0 Å². The molecule has 3 aromatic rings. The molecule has 0 saturated carbocycles. The lowest BCUT2D eigenvalue weighted by Gasteiger charge is -2.19. The minimum Gasteiger partial charge on any atom is -0.482 e. The molecule has 5 nitrogen and oxygen atoms in total. The van der Waals surface area contributed by atoms with Crippen molar-refractivity contribution in [3.8, 4) is 22.1 Å². The fraction of sp³-hybridized carbons (Fsp3) is 0.125. The van der Waals surface area contributed by atoms with Crippen molar-refractivity contribution in [2.45, 2.75) is 6.92 Å². The number of aryl methyl sites for hydroxylation is 1. The number of aromatic nitrogens is 2. The summed E-state index contributed by atoms with van der Waals surface area (Å²) < 4.78 is 7.41. The van der Waals surface area contributed by atoms with Gasteiger partial charge in [0, 0.05) is 18.1 Å². The molecule has 0 fully saturated rings. The van der Waals surface area contributed by atoms with Crippen molar-refractivity contribution in [1.29, 1.82) is 0 Å². The van der Waals surface area contributed by atoms with E-state index in [-0.39, 0.29) is 12.5 Å². The second-order valence-corrected chi connectivity index (χ2v) is 5.99. The number of carbonyl (C=O) groups excluding carboxylic acids is 1. The standard InChI is InChI=1S/C16H13N3O2S/c1-10-4-7-22-15(10)16-17-5-6-19(16)11-2-3-13-12(8-11)18-14(20)9-21-13/h2-8H,9H2,1H3,(H,18,20). The monoisotopic (exact) mass is 311 g/mol. The lowest BCUT2D eigenvalue weighted by atomic mass is 10.2. The van der Waals surface area contributed by atoms with Crippen LogP contribution < -0.4 is 10.1 Å². The highest BCUT2D eigenvalue weighted by atomic mass is 32.1. The quantitative estimate of drug-likeness (QED) is 0.790. The zero-order valence-electron chi connectivity index (χ0n) is 11.9. The van der Waals surface area contributed by atoms with Gasteiger partial charge >= 0.3 is 0 Å². The van der Waals surface area contributed by atoms with Gasteiger partial charge in [0.25, 0.3) is 5.91 Å². The Morgan fingerprint density at radius 3 is 3.09 bits per heavy atom. The molecule has 4 rings (SSSR count). The van der Waals surface area contributed by atoms with Crippen LogP contribution in [0.25, 0.3) is 16.4 Å². The highest BCUT2D eigenvalue weighted by Gasteiger charge is 2.18. The third-order valence-electron chi connectivity index (χ3n) is 3.58. The minimum atomic E-state index is -0.135. The number of hydrogen-bond donors (Lipinski definition) is 1. The first-order chi connectivity index (χ1) is 10.7. The molecule has 1 amide bonds. The molecule has 0 unspecified atom stereocenters. The van der Waals surface area contributed by atoms with E-state index in [9.17, 15) is 4.79 Å². The first-order valence-corrected chi connectivity index (χ1v) is 7.75. The second-order valence-electron chi connectivity index (χ2n) is 5.07. The highest BCUT2D eigenvalue weighted by molar-refractivity contribution is 7.13. The fourth-order valence-corrected chi connectivity index (χ4v) is 3.42. The molecule has 0 atom stereocenters. The molecule has 1 aliphatic heterocycles. The average Bonchev–Trinajstić information content (AvgIpc) is 3.14. The van der Waals surface area contributed by atoms with Crippen molar-refractivity contribution in [3.63, 3.8) is 0 Å². The SMILES string of the molecule is Cc1ccsc1-c1nccn1-c1ccc2c(c1)NC(=O)CO2. The van der Waals surface area contributed by atoms with Crippen LogP contribution in [-0.2, 0) is 4.79 Å². The van der Waals surface area contributed by atoms with Crippen LogP contribution in [0.4, 0.5) is 5.69 Å². The van der Waals surface area contributed by atoms with E-state index in [1.54, 1.807) is 17.5 Å². The second kappa shape index (κ2) is 4.99. The summed E-state index contributed by atoms with van der Waals surface area (Å²) in [6, 6.07) is 7.82. The van der Waals surface area contributed by atoms with Crippen LogP contribution in [0, 0.1) is 6.92 Å². The molecule has 110 valence electrons. The Balaban J connectivity index is 1.81. The van der Waals surface area contributed by atoms with Crippen molar-refractivity contribution in [2.75, 3.05) is 11.9 Å². The summed E-state index contributed by atoms with van der Waals surface area (Å²) in [6.45, 7) is 2.14. The Morgan fingerprint density at radius 1 is 1.36 bits per heavy atom. The third kappa shape index (κ3) is 2.08. The largest absolute Gasteiger partial charge is 0.482 e. The van der Waals surface area contributed by atoms with Crippen LogP contribution in [0.1, 0.15) is 5.56 Å². The van der Waals surface area contributed by atoms with E-state index in [2.05, 4.69) is 28.7 Å². The zero-order valence-corrected chi connectivity index (χ0v) is 12.7. The van der Waals surface area contributed by atoms with Crippen LogP contribution >= 0.6 is 11.3 Å². The van der Waals surface area contributed by atoms with Gasteiger partial charge in [0.05, 0.1) is 10.6 Å². The summed E-state index contributed by atoms with van der Waals surface area (Å²) in [5.41, 5.74) is 2.83. The molecule has 1 aromatic carbocycles. The minimum absolute atomic E-state index is 0.0665. The molecule has 22 heavy (non-hydrogen) atoms. The van der Waals surface area contributed by atoms with Gasteiger partial charge in [-0.2, -0.15) is 0 Å². The van der Waals surface area contributed by atoms with E-state index < -0.39 is 0 Å². The Morgan fingerprint density at radius 2 is 2.27 bits per heavy atom. The molecule has 6 heteroatoms. The maximum Gasteiger partial charge on any atom is 0.262 e. The van der Waals surface area contributed by atoms with Crippen LogP contribution in [0.2, 0.25) is 0 Å². The smallest absolute Gasteiger partial charge is 0.262 e. The molecule has 0 saturated heterocycles. The summed E-state index contributed by atoms with van der Waals surface area (Å²) in [7, 11) is 0. The number of anilines is 1. The first kappa shape index (κ1) is 13.1. The normalized spacial score (nSPS) is 13.4. The molecule has 3 heterocycles. The summed E-state index contributed by atoms with van der Waals surface area (Å²) >= 11 is 1.67. The van der Waals surface area contributed by atoms with Gasteiger partial charge < -0.3 is 10.1 Å². The topological polar surface area (TPSA) is 56.2 Å². The number of thiophene rings is 1. The molecular formula is C16H13N3O2S. The van der Waals surface area contributed by atoms with Crippen LogP contribution in [-0.4, -0.2) is 22.1 Å². The van der Waals surface area contributed by atoms with Crippen molar-refractivity contribution >= 4 is 22.9 Å². The van der Waals surface area contributed by atoms with Crippen LogP contribution in [0.5, 0.6) is 5.75 Å². The number of ether oxygens (including phenoxy) is 1. The number of carbonyl (C=O) groups is 1. The van der Waals surface area contributed by atoms with Crippen molar-refractivity contribution in [2.24, 2.45) is 0 Å². The first-order valence-electron chi connectivity index (χ1n) is 6.87. The number of benzene rings is 1. The van der Waals surface area contributed by atoms with E-state index in [4.69, 9.17) is 4.74 Å². The number of nitrogens with one attached hydrogen (secondary N) is 1.